The summed E-state index contributed by atoms with van der Waals surface area (Å²) in [5.74, 6) is 0.102. The van der Waals surface area contributed by atoms with Crippen molar-refractivity contribution < 1.29 is 4.79 Å². The van der Waals surface area contributed by atoms with E-state index in [2.05, 4.69) is 12.6 Å². The van der Waals surface area contributed by atoms with Crippen molar-refractivity contribution in [2.45, 2.75) is 18.0 Å². The highest BCUT2D eigenvalue weighted by Crippen LogP contribution is 2.26. The van der Waals surface area contributed by atoms with Crippen LogP contribution in [-0.4, -0.2) is 10.8 Å². The molecule has 3 rings (SSSR count). The Morgan fingerprint density at radius 3 is 2.67 bits per heavy atom. The molecule has 0 atom stereocenters. The fourth-order valence-corrected chi connectivity index (χ4v) is 2.48. The van der Waals surface area contributed by atoms with Crippen molar-refractivity contribution in [1.82, 2.24) is 4.90 Å². The van der Waals surface area contributed by atoms with Gasteiger partial charge in [-0.1, -0.05) is 36.4 Å². The van der Waals surface area contributed by atoms with Crippen LogP contribution in [0, 0.1) is 0 Å². The number of rotatable bonds is 2. The van der Waals surface area contributed by atoms with Crippen molar-refractivity contribution in [2.75, 3.05) is 0 Å². The summed E-state index contributed by atoms with van der Waals surface area (Å²) in [5, 5.41) is 0. The third-order valence-electron chi connectivity index (χ3n) is 3.19. The van der Waals surface area contributed by atoms with Crippen LogP contribution in [0.15, 0.2) is 53.4 Å². The minimum absolute atomic E-state index is 0.102. The summed E-state index contributed by atoms with van der Waals surface area (Å²) in [6.45, 7) is 1.35. The second kappa shape index (κ2) is 4.50. The van der Waals surface area contributed by atoms with Crippen LogP contribution in [0.5, 0.6) is 0 Å². The number of hydrogen-bond acceptors (Lipinski definition) is 2. The summed E-state index contributed by atoms with van der Waals surface area (Å²) in [6.07, 6.45) is 0. The molecule has 0 N–H and O–H groups in total. The molecule has 0 spiro atoms. The quantitative estimate of drug-likeness (QED) is 0.817. The maximum Gasteiger partial charge on any atom is 0.254 e. The van der Waals surface area contributed by atoms with Gasteiger partial charge in [-0.15, -0.1) is 12.6 Å². The van der Waals surface area contributed by atoms with E-state index in [9.17, 15) is 4.79 Å². The number of nitrogens with zero attached hydrogens (tertiary/aromatic N) is 1. The Kier molecular flexibility index (Phi) is 2.84. The molecule has 1 aliphatic rings. The van der Waals surface area contributed by atoms with E-state index in [4.69, 9.17) is 0 Å². The summed E-state index contributed by atoms with van der Waals surface area (Å²) >= 11 is 4.28. The number of amides is 1. The summed E-state index contributed by atoms with van der Waals surface area (Å²) in [6, 6.07) is 15.8. The molecule has 0 aromatic heterocycles. The SMILES string of the molecule is O=C1c2cc(S)ccc2CN1Cc1ccccc1. The van der Waals surface area contributed by atoms with Gasteiger partial charge in [0, 0.05) is 23.5 Å². The average Bonchev–Trinajstić information content (AvgIpc) is 2.68. The van der Waals surface area contributed by atoms with Gasteiger partial charge in [-0.25, -0.2) is 0 Å². The third-order valence-corrected chi connectivity index (χ3v) is 3.47. The number of hydrogen-bond donors (Lipinski definition) is 1. The Morgan fingerprint density at radius 1 is 1.11 bits per heavy atom. The van der Waals surface area contributed by atoms with Gasteiger partial charge in [0.1, 0.15) is 0 Å². The highest BCUT2D eigenvalue weighted by molar-refractivity contribution is 7.80. The van der Waals surface area contributed by atoms with Gasteiger partial charge in [0.15, 0.2) is 0 Å². The molecule has 1 heterocycles. The molecule has 0 saturated carbocycles. The molecule has 0 radical (unpaired) electrons. The largest absolute Gasteiger partial charge is 0.330 e. The van der Waals surface area contributed by atoms with E-state index in [0.717, 1.165) is 21.6 Å². The van der Waals surface area contributed by atoms with E-state index in [1.165, 1.54) is 0 Å². The maximum absolute atomic E-state index is 12.2. The predicted molar refractivity (Wildman–Crippen MR) is 73.7 cm³/mol. The molecule has 18 heavy (non-hydrogen) atoms. The van der Waals surface area contributed by atoms with Crippen LogP contribution in [0.3, 0.4) is 0 Å². The first-order valence-corrected chi connectivity index (χ1v) is 6.34. The first-order valence-electron chi connectivity index (χ1n) is 5.89. The Hall–Kier alpha value is -1.74. The topological polar surface area (TPSA) is 20.3 Å². The second-order valence-electron chi connectivity index (χ2n) is 4.49. The van der Waals surface area contributed by atoms with Gasteiger partial charge in [0.2, 0.25) is 0 Å². The Bertz CT molecular complexity index is 595. The molecular formula is C15H13NOS. The minimum Gasteiger partial charge on any atom is -0.330 e. The Morgan fingerprint density at radius 2 is 1.89 bits per heavy atom. The lowest BCUT2D eigenvalue weighted by atomic mass is 10.1. The second-order valence-corrected chi connectivity index (χ2v) is 5.00. The predicted octanol–water partition coefficient (Wildman–Crippen LogP) is 3.13. The fraction of sp³-hybridized carbons (Fsp3) is 0.133. The zero-order chi connectivity index (χ0) is 12.5. The van der Waals surface area contributed by atoms with Crippen LogP contribution in [0.1, 0.15) is 21.5 Å². The van der Waals surface area contributed by atoms with Gasteiger partial charge >= 0.3 is 0 Å². The standard InChI is InChI=1S/C15H13NOS/c17-15-14-8-13(18)7-6-12(14)10-16(15)9-11-4-2-1-3-5-11/h1-8,18H,9-10H2. The van der Waals surface area contributed by atoms with Crippen LogP contribution in [-0.2, 0) is 13.1 Å². The molecule has 1 amide bonds. The lowest BCUT2D eigenvalue weighted by Crippen LogP contribution is -2.23. The number of thiol groups is 1. The molecule has 0 unspecified atom stereocenters. The van der Waals surface area contributed by atoms with Gasteiger partial charge < -0.3 is 4.90 Å². The lowest BCUT2D eigenvalue weighted by molar-refractivity contribution is 0.0766. The zero-order valence-corrected chi connectivity index (χ0v) is 10.7. The molecule has 0 saturated heterocycles. The van der Waals surface area contributed by atoms with Crippen LogP contribution in [0.25, 0.3) is 0 Å². The molecule has 1 aliphatic heterocycles. The van der Waals surface area contributed by atoms with E-state index >= 15 is 0 Å². The van der Waals surface area contributed by atoms with Gasteiger partial charge in [-0.05, 0) is 23.3 Å². The monoisotopic (exact) mass is 255 g/mol. The highest BCUT2D eigenvalue weighted by Gasteiger charge is 2.27. The van der Waals surface area contributed by atoms with Crippen LogP contribution in [0.4, 0.5) is 0 Å². The molecule has 2 aromatic carbocycles. The normalized spacial score (nSPS) is 13.8. The van der Waals surface area contributed by atoms with Crippen LogP contribution in [0.2, 0.25) is 0 Å². The Balaban J connectivity index is 1.85. The van der Waals surface area contributed by atoms with Gasteiger partial charge in [0.25, 0.3) is 5.91 Å². The lowest BCUT2D eigenvalue weighted by Gasteiger charge is -2.15. The molecule has 0 aliphatic carbocycles. The van der Waals surface area contributed by atoms with E-state index < -0.39 is 0 Å². The number of carbonyl (C=O) groups is 1. The van der Waals surface area contributed by atoms with Crippen molar-refractivity contribution in [1.29, 1.82) is 0 Å². The smallest absolute Gasteiger partial charge is 0.254 e. The molecular weight excluding hydrogens is 242 g/mol. The van der Waals surface area contributed by atoms with Crippen molar-refractivity contribution in [2.24, 2.45) is 0 Å². The van der Waals surface area contributed by atoms with Crippen molar-refractivity contribution in [3.63, 3.8) is 0 Å². The van der Waals surface area contributed by atoms with E-state index in [0.29, 0.717) is 13.1 Å². The van der Waals surface area contributed by atoms with Crippen molar-refractivity contribution in [3.8, 4) is 0 Å². The van der Waals surface area contributed by atoms with Crippen LogP contribution < -0.4 is 0 Å². The van der Waals surface area contributed by atoms with E-state index in [1.807, 2.05) is 53.4 Å². The summed E-state index contributed by atoms with van der Waals surface area (Å²) < 4.78 is 0. The first kappa shape index (κ1) is 11.4. The third kappa shape index (κ3) is 2.02. The summed E-state index contributed by atoms with van der Waals surface area (Å²) in [7, 11) is 0. The van der Waals surface area contributed by atoms with Crippen molar-refractivity contribution in [3.05, 3.63) is 65.2 Å². The molecule has 90 valence electrons. The van der Waals surface area contributed by atoms with Gasteiger partial charge in [-0.2, -0.15) is 0 Å². The van der Waals surface area contributed by atoms with Gasteiger partial charge in [-0.3, -0.25) is 4.79 Å². The summed E-state index contributed by atoms with van der Waals surface area (Å²) in [5.41, 5.74) is 3.04. The Labute approximate surface area is 112 Å². The fourth-order valence-electron chi connectivity index (χ4n) is 2.28. The van der Waals surface area contributed by atoms with Crippen molar-refractivity contribution >= 4 is 18.5 Å². The average molecular weight is 255 g/mol. The number of fused-ring (bicyclic) bond motifs is 1. The molecule has 3 heteroatoms. The molecule has 0 bridgehead atoms. The molecule has 2 aromatic rings. The molecule has 2 nitrogen and oxygen atoms in total. The highest BCUT2D eigenvalue weighted by atomic mass is 32.1. The number of carbonyl (C=O) groups excluding carboxylic acids is 1. The van der Waals surface area contributed by atoms with E-state index in [1.54, 1.807) is 0 Å². The maximum atomic E-state index is 12.2. The number of benzene rings is 2. The minimum atomic E-state index is 0.102. The zero-order valence-electron chi connectivity index (χ0n) is 9.84. The summed E-state index contributed by atoms with van der Waals surface area (Å²) in [4.78, 5) is 15.0. The molecule has 0 fully saturated rings. The van der Waals surface area contributed by atoms with Gasteiger partial charge in [0.05, 0.1) is 0 Å². The van der Waals surface area contributed by atoms with Crippen LogP contribution >= 0.6 is 12.6 Å². The first-order chi connectivity index (χ1) is 8.74. The van der Waals surface area contributed by atoms with E-state index in [-0.39, 0.29) is 5.91 Å².